The highest BCUT2D eigenvalue weighted by Crippen LogP contribution is 2.47. The van der Waals surface area contributed by atoms with Gasteiger partial charge in [0.2, 0.25) is 0 Å². The minimum absolute atomic E-state index is 0.352. The van der Waals surface area contributed by atoms with Crippen molar-refractivity contribution in [2.24, 2.45) is 0 Å². The molecule has 4 saturated carbocycles. The molecule has 0 aromatic heterocycles. The second-order valence-corrected chi connectivity index (χ2v) is 21.8. The van der Waals surface area contributed by atoms with Crippen molar-refractivity contribution in [1.82, 2.24) is 0 Å². The van der Waals surface area contributed by atoms with Gasteiger partial charge in [-0.25, -0.2) is 0 Å². The third-order valence-electron chi connectivity index (χ3n) is 10.6. The van der Waals surface area contributed by atoms with E-state index in [1.165, 1.54) is 0 Å². The summed E-state index contributed by atoms with van der Waals surface area (Å²) >= 11 is 13.0. The van der Waals surface area contributed by atoms with Gasteiger partial charge in [-0.05, 0) is 75.6 Å². The van der Waals surface area contributed by atoms with E-state index in [1.807, 2.05) is 0 Å². The monoisotopic (exact) mass is 870 g/mol. The molecule has 0 bridgehead atoms. The summed E-state index contributed by atoms with van der Waals surface area (Å²) in [6.07, 6.45) is 9.14. The van der Waals surface area contributed by atoms with E-state index in [9.17, 15) is 33.7 Å². The summed E-state index contributed by atoms with van der Waals surface area (Å²) in [5.74, 6) is 0. The van der Waals surface area contributed by atoms with Crippen molar-refractivity contribution >= 4 is 63.7 Å². The molecule has 0 atom stereocenters. The molecule has 12 nitrogen and oxygen atoms in total. The third-order valence-corrected chi connectivity index (χ3v) is 16.6. The van der Waals surface area contributed by atoms with Crippen LogP contribution in [-0.4, -0.2) is 58.1 Å². The molecule has 4 aliphatic carbocycles. The van der Waals surface area contributed by atoms with Gasteiger partial charge in [0, 0.05) is 21.2 Å². The number of halogens is 2. The van der Waals surface area contributed by atoms with Crippen molar-refractivity contribution in [3.63, 3.8) is 0 Å². The third kappa shape index (κ3) is 10.2. The highest BCUT2D eigenvalue weighted by molar-refractivity contribution is 7.88. The summed E-state index contributed by atoms with van der Waals surface area (Å²) in [6, 6.07) is 3.72. The van der Waals surface area contributed by atoms with E-state index < -0.39 is 95.6 Å². The molecule has 2 aromatic carbocycles. The standard InChI is InChI=1S/C36H48Cl2O12S4/c37-25-21-31(51(39,40)47-27-13-5-1-6-14-27)35(32(22-25)52(41,42)48-28-15-7-2-8-16-28)36-33(53(43,44)49-29-17-9-3-10-18-29)23-26(38)24-34(36)54(45,46)50-30-19-11-4-12-20-30/h21-24,27-30H,1-20H2. The molecule has 2 aromatic rings. The number of hydrogen-bond donors (Lipinski definition) is 0. The van der Waals surface area contributed by atoms with E-state index in [2.05, 4.69) is 0 Å². The predicted octanol–water partition coefficient (Wildman–Crippen LogP) is 8.81. The second kappa shape index (κ2) is 17.7. The van der Waals surface area contributed by atoms with Crippen molar-refractivity contribution in [2.45, 2.75) is 172 Å². The number of benzene rings is 2. The van der Waals surface area contributed by atoms with Gasteiger partial charge in [0.25, 0.3) is 40.5 Å². The van der Waals surface area contributed by atoms with Gasteiger partial charge in [0.05, 0.1) is 24.4 Å². The minimum Gasteiger partial charge on any atom is -0.263 e. The van der Waals surface area contributed by atoms with Crippen LogP contribution < -0.4 is 0 Å². The molecule has 4 fully saturated rings. The Kier molecular flexibility index (Phi) is 13.8. The van der Waals surface area contributed by atoms with Crippen LogP contribution in [0, 0.1) is 0 Å². The highest BCUT2D eigenvalue weighted by atomic mass is 35.5. The Hall–Kier alpha value is -1.34. The first-order valence-electron chi connectivity index (χ1n) is 19.0. The molecule has 54 heavy (non-hydrogen) atoms. The molecule has 0 N–H and O–H groups in total. The van der Waals surface area contributed by atoms with Crippen LogP contribution in [0.25, 0.3) is 11.1 Å². The summed E-state index contributed by atoms with van der Waals surface area (Å²) in [5.41, 5.74) is -1.61. The largest absolute Gasteiger partial charge is 0.297 e. The minimum atomic E-state index is -4.97. The van der Waals surface area contributed by atoms with Crippen LogP contribution >= 0.6 is 23.2 Å². The van der Waals surface area contributed by atoms with Crippen LogP contribution in [0.5, 0.6) is 0 Å². The van der Waals surface area contributed by atoms with Crippen LogP contribution in [-0.2, 0) is 57.2 Å². The Bertz CT molecular complexity index is 1810. The zero-order valence-corrected chi connectivity index (χ0v) is 34.8. The predicted molar refractivity (Wildman–Crippen MR) is 202 cm³/mol. The van der Waals surface area contributed by atoms with E-state index in [0.29, 0.717) is 103 Å². The fraction of sp³-hybridized carbons (Fsp3) is 0.667. The van der Waals surface area contributed by atoms with Gasteiger partial charge in [0.15, 0.2) is 0 Å². The van der Waals surface area contributed by atoms with Gasteiger partial charge in [-0.1, -0.05) is 100 Å². The zero-order chi connectivity index (χ0) is 38.7. The fourth-order valence-electron chi connectivity index (χ4n) is 7.97. The lowest BCUT2D eigenvalue weighted by Crippen LogP contribution is -2.26. The summed E-state index contributed by atoms with van der Waals surface area (Å²) in [4.78, 5) is -3.40. The smallest absolute Gasteiger partial charge is 0.263 e. The van der Waals surface area contributed by atoms with Crippen LogP contribution in [0.1, 0.15) is 128 Å². The first-order valence-corrected chi connectivity index (χ1v) is 25.4. The molecule has 0 saturated heterocycles. The first kappa shape index (κ1) is 42.3. The van der Waals surface area contributed by atoms with Gasteiger partial charge in [0.1, 0.15) is 19.6 Å². The van der Waals surface area contributed by atoms with E-state index in [4.69, 9.17) is 39.9 Å². The van der Waals surface area contributed by atoms with Crippen LogP contribution in [0.3, 0.4) is 0 Å². The Labute approximate surface area is 330 Å². The van der Waals surface area contributed by atoms with Crippen molar-refractivity contribution < 1.29 is 50.4 Å². The van der Waals surface area contributed by atoms with Crippen LogP contribution in [0.2, 0.25) is 10.0 Å². The summed E-state index contributed by atoms with van der Waals surface area (Å²) < 4.78 is 138. The lowest BCUT2D eigenvalue weighted by Gasteiger charge is -2.27. The second-order valence-electron chi connectivity index (χ2n) is 14.8. The van der Waals surface area contributed by atoms with Crippen LogP contribution in [0.15, 0.2) is 43.8 Å². The quantitative estimate of drug-likeness (QED) is 0.175. The van der Waals surface area contributed by atoms with Crippen molar-refractivity contribution in [3.05, 3.63) is 34.3 Å². The maximum absolute atomic E-state index is 14.4. The molecule has 6 rings (SSSR count). The average molecular weight is 872 g/mol. The Morgan fingerprint density at radius 2 is 0.537 bits per heavy atom. The molecule has 0 spiro atoms. The highest BCUT2D eigenvalue weighted by Gasteiger charge is 2.41. The summed E-state index contributed by atoms with van der Waals surface area (Å²) in [7, 11) is -19.9. The van der Waals surface area contributed by atoms with Gasteiger partial charge < -0.3 is 0 Å². The zero-order valence-electron chi connectivity index (χ0n) is 30.0. The fourth-order valence-corrected chi connectivity index (χ4v) is 14.3. The number of hydrogen-bond acceptors (Lipinski definition) is 12. The lowest BCUT2D eigenvalue weighted by molar-refractivity contribution is 0.160. The molecular formula is C36H48Cl2O12S4. The average Bonchev–Trinajstić information content (AvgIpc) is 3.12. The number of rotatable bonds is 13. The maximum Gasteiger partial charge on any atom is 0.297 e. The Morgan fingerprint density at radius 3 is 0.722 bits per heavy atom. The molecule has 0 radical (unpaired) electrons. The maximum atomic E-state index is 14.4. The summed E-state index contributed by atoms with van der Waals surface area (Å²) in [6.45, 7) is 0. The Balaban J connectivity index is 1.65. The first-order chi connectivity index (χ1) is 25.6. The molecule has 4 aliphatic rings. The lowest BCUT2D eigenvalue weighted by atomic mass is 9.98. The molecule has 0 heterocycles. The topological polar surface area (TPSA) is 173 Å². The SMILES string of the molecule is O=S(=O)(OC1CCCCC1)c1cc(Cl)cc(S(=O)(=O)OC2CCCCC2)c1-c1c(S(=O)(=O)OC2CCCCC2)cc(Cl)cc1S(=O)(=O)OC1CCCCC1. The van der Waals surface area contributed by atoms with E-state index >= 15 is 0 Å². The van der Waals surface area contributed by atoms with Crippen molar-refractivity contribution in [1.29, 1.82) is 0 Å². The normalized spacial score (nSPS) is 21.0. The molecular weight excluding hydrogens is 824 g/mol. The molecule has 18 heteroatoms. The molecule has 0 amide bonds. The van der Waals surface area contributed by atoms with Gasteiger partial charge in [-0.2, -0.15) is 33.7 Å². The molecule has 302 valence electrons. The summed E-state index contributed by atoms with van der Waals surface area (Å²) in [5, 5.41) is -0.704. The van der Waals surface area contributed by atoms with Gasteiger partial charge >= 0.3 is 0 Å². The van der Waals surface area contributed by atoms with E-state index in [-0.39, 0.29) is 10.0 Å². The Morgan fingerprint density at radius 1 is 0.352 bits per heavy atom. The van der Waals surface area contributed by atoms with Gasteiger partial charge in [-0.15, -0.1) is 0 Å². The van der Waals surface area contributed by atoms with Crippen molar-refractivity contribution in [3.8, 4) is 11.1 Å². The van der Waals surface area contributed by atoms with Crippen molar-refractivity contribution in [2.75, 3.05) is 0 Å². The van der Waals surface area contributed by atoms with E-state index in [1.54, 1.807) is 0 Å². The molecule has 0 aliphatic heterocycles. The molecule has 0 unspecified atom stereocenters. The van der Waals surface area contributed by atoms with Gasteiger partial charge in [-0.3, -0.25) is 16.7 Å². The van der Waals surface area contributed by atoms with E-state index in [0.717, 1.165) is 49.9 Å². The van der Waals surface area contributed by atoms with Crippen LogP contribution in [0.4, 0.5) is 0 Å².